The molecule has 5 aromatic rings. The molecule has 0 aliphatic heterocycles. The number of anilines is 1. The molecule has 2 aromatic carbocycles. The van der Waals surface area contributed by atoms with E-state index in [0.29, 0.717) is 34.1 Å². The largest absolute Gasteiger partial charge is 0.313 e. The molecule has 0 saturated heterocycles. The number of hydrogen-bond acceptors (Lipinski definition) is 4. The fraction of sp³-hybridized carbons (Fsp3) is 0.0476. The summed E-state index contributed by atoms with van der Waals surface area (Å²) in [5, 5.41) is 8.20. The van der Waals surface area contributed by atoms with Crippen LogP contribution in [-0.2, 0) is 6.54 Å². The number of nitrogens with one attached hydrogen (secondary N) is 2. The molecule has 8 nitrogen and oxygen atoms in total. The maximum absolute atomic E-state index is 12.9. The lowest BCUT2D eigenvalue weighted by Gasteiger charge is -2.10. The number of benzene rings is 2. The van der Waals surface area contributed by atoms with Crippen LogP contribution in [-0.4, -0.2) is 30.1 Å². The molecule has 0 saturated carbocycles. The second-order valence-electron chi connectivity index (χ2n) is 6.71. The van der Waals surface area contributed by atoms with E-state index < -0.39 is 5.91 Å². The highest BCUT2D eigenvalue weighted by Gasteiger charge is 2.18. The first kappa shape index (κ1) is 18.1. The molecule has 0 unspecified atom stereocenters. The fourth-order valence-electron chi connectivity index (χ4n) is 3.38. The summed E-state index contributed by atoms with van der Waals surface area (Å²) in [5.74, 6) is -0.0649. The van der Waals surface area contributed by atoms with Gasteiger partial charge in [0.05, 0.1) is 23.6 Å². The van der Waals surface area contributed by atoms with E-state index in [2.05, 4.69) is 20.4 Å². The molecule has 3 heterocycles. The zero-order valence-corrected chi connectivity index (χ0v) is 16.3. The number of nitrogens with zero attached hydrogens (tertiary/aromatic N) is 4. The Morgan fingerprint density at radius 2 is 1.93 bits per heavy atom. The van der Waals surface area contributed by atoms with Crippen molar-refractivity contribution in [1.29, 1.82) is 0 Å². The fourth-order valence-corrected chi connectivity index (χ4v) is 3.58. The first-order valence-corrected chi connectivity index (χ1v) is 9.54. The molecule has 2 N–H and O–H groups in total. The monoisotopic (exact) mass is 418 g/mol. The van der Waals surface area contributed by atoms with Crippen LogP contribution in [0.3, 0.4) is 0 Å². The van der Waals surface area contributed by atoms with Gasteiger partial charge in [-0.25, -0.2) is 9.50 Å². The maximum atomic E-state index is 12.9. The van der Waals surface area contributed by atoms with Crippen molar-refractivity contribution in [3.05, 3.63) is 93.6 Å². The molecule has 0 spiro atoms. The predicted octanol–water partition coefficient (Wildman–Crippen LogP) is 3.33. The number of rotatable bonds is 4. The highest BCUT2D eigenvalue weighted by Crippen LogP contribution is 2.19. The second-order valence-corrected chi connectivity index (χ2v) is 7.12. The van der Waals surface area contributed by atoms with Crippen molar-refractivity contribution in [3.8, 4) is 0 Å². The number of halogens is 1. The summed E-state index contributed by atoms with van der Waals surface area (Å²) in [6.07, 6.45) is 4.77. The molecule has 148 valence electrons. The van der Waals surface area contributed by atoms with Crippen LogP contribution in [0.15, 0.2) is 71.9 Å². The van der Waals surface area contributed by atoms with Crippen LogP contribution < -0.4 is 10.9 Å². The molecule has 1 amide bonds. The Balaban J connectivity index is 1.49. The van der Waals surface area contributed by atoms with E-state index >= 15 is 0 Å². The van der Waals surface area contributed by atoms with Gasteiger partial charge in [0, 0.05) is 17.4 Å². The van der Waals surface area contributed by atoms with Crippen LogP contribution in [0.4, 0.5) is 5.95 Å². The van der Waals surface area contributed by atoms with Crippen molar-refractivity contribution in [1.82, 2.24) is 24.1 Å². The van der Waals surface area contributed by atoms with E-state index in [1.165, 1.54) is 6.20 Å². The number of fused-ring (bicyclic) bond motifs is 3. The van der Waals surface area contributed by atoms with Crippen LogP contribution in [0, 0.1) is 0 Å². The minimum atomic E-state index is -0.428. The molecule has 0 atom stereocenters. The second kappa shape index (κ2) is 7.16. The third-order valence-electron chi connectivity index (χ3n) is 4.86. The number of carbonyl (C=O) groups excluding carboxylic acids is 1. The number of carbonyl (C=O) groups is 1. The lowest BCUT2D eigenvalue weighted by Crippen LogP contribution is -2.18. The van der Waals surface area contributed by atoms with E-state index in [1.54, 1.807) is 39.7 Å². The summed E-state index contributed by atoms with van der Waals surface area (Å²) in [6, 6.07) is 14.6. The summed E-state index contributed by atoms with van der Waals surface area (Å²) >= 11 is 6.24. The molecular weight excluding hydrogens is 404 g/mol. The third-order valence-corrected chi connectivity index (χ3v) is 5.23. The van der Waals surface area contributed by atoms with Gasteiger partial charge in [0.1, 0.15) is 11.2 Å². The average molecular weight is 419 g/mol. The van der Waals surface area contributed by atoms with Crippen molar-refractivity contribution in [2.24, 2.45) is 0 Å². The van der Waals surface area contributed by atoms with E-state index in [0.717, 1.165) is 5.56 Å². The highest BCUT2D eigenvalue weighted by atomic mass is 35.5. The maximum Gasteiger partial charge on any atom is 0.263 e. The summed E-state index contributed by atoms with van der Waals surface area (Å²) in [6.45, 7) is 0.450. The van der Waals surface area contributed by atoms with Crippen LogP contribution in [0.2, 0.25) is 5.02 Å². The van der Waals surface area contributed by atoms with E-state index in [4.69, 9.17) is 11.6 Å². The van der Waals surface area contributed by atoms with Gasteiger partial charge < -0.3 is 9.55 Å². The van der Waals surface area contributed by atoms with E-state index in [-0.39, 0.29) is 11.1 Å². The Bertz CT molecular complexity index is 1470. The Kier molecular flexibility index (Phi) is 4.33. The number of hydrogen-bond donors (Lipinski definition) is 2. The van der Waals surface area contributed by atoms with Gasteiger partial charge in [0.25, 0.3) is 11.5 Å². The van der Waals surface area contributed by atoms with E-state index in [1.807, 2.05) is 30.3 Å². The zero-order chi connectivity index (χ0) is 20.7. The lowest BCUT2D eigenvalue weighted by atomic mass is 10.2. The number of para-hydroxylation sites is 1. The molecule has 0 fully saturated rings. The van der Waals surface area contributed by atoms with Crippen molar-refractivity contribution >= 4 is 40.0 Å². The quantitative estimate of drug-likeness (QED) is 0.468. The molecule has 3 aromatic heterocycles. The van der Waals surface area contributed by atoms with Gasteiger partial charge >= 0.3 is 0 Å². The molecule has 0 aliphatic rings. The van der Waals surface area contributed by atoms with Gasteiger partial charge in [-0.2, -0.15) is 5.10 Å². The van der Waals surface area contributed by atoms with Crippen molar-refractivity contribution < 1.29 is 4.79 Å². The van der Waals surface area contributed by atoms with Crippen molar-refractivity contribution in [2.75, 3.05) is 5.32 Å². The first-order valence-electron chi connectivity index (χ1n) is 9.16. The van der Waals surface area contributed by atoms with Crippen molar-refractivity contribution in [2.45, 2.75) is 6.54 Å². The molecule has 0 bridgehead atoms. The van der Waals surface area contributed by atoms with Gasteiger partial charge in [0.15, 0.2) is 0 Å². The number of aromatic amines is 1. The summed E-state index contributed by atoms with van der Waals surface area (Å²) in [5.41, 5.74) is 1.80. The summed E-state index contributed by atoms with van der Waals surface area (Å²) in [7, 11) is 0. The van der Waals surface area contributed by atoms with E-state index in [9.17, 15) is 9.59 Å². The molecule has 30 heavy (non-hydrogen) atoms. The van der Waals surface area contributed by atoms with Gasteiger partial charge in [0.2, 0.25) is 5.95 Å². The highest BCUT2D eigenvalue weighted by molar-refractivity contribution is 6.31. The third kappa shape index (κ3) is 3.03. The molecule has 5 rings (SSSR count). The standard InChI is InChI=1S/C21H15ClN6O2/c22-16-7-3-1-5-13(16)12-27-10-9-23-21(27)26-20(30)15-11-24-28-17-8-4-2-6-14(17)19(29)25-18(15)28/h1-11H,12H2,(H,25,29)(H,23,26,30). The number of H-pyrrole nitrogens is 1. The molecule has 9 heteroatoms. The Labute approximate surface area is 174 Å². The topological polar surface area (TPSA) is 97.1 Å². The van der Waals surface area contributed by atoms with Crippen LogP contribution >= 0.6 is 11.6 Å². The van der Waals surface area contributed by atoms with Gasteiger partial charge in [-0.3, -0.25) is 14.9 Å². The predicted molar refractivity (Wildman–Crippen MR) is 114 cm³/mol. The molecule has 0 radical (unpaired) electrons. The zero-order valence-electron chi connectivity index (χ0n) is 15.5. The number of imidazole rings is 1. The Morgan fingerprint density at radius 1 is 1.13 bits per heavy atom. The molecular formula is C21H15ClN6O2. The van der Waals surface area contributed by atoms with Gasteiger partial charge in [-0.05, 0) is 23.8 Å². The smallest absolute Gasteiger partial charge is 0.263 e. The SMILES string of the molecule is O=C(Nc1nccn1Cc1ccccc1Cl)c1cnn2c1[nH]c(=O)c1ccccc12. The Morgan fingerprint density at radius 3 is 2.80 bits per heavy atom. The normalized spacial score (nSPS) is 11.2. The number of aromatic nitrogens is 5. The van der Waals surface area contributed by atoms with Crippen LogP contribution in [0.5, 0.6) is 0 Å². The minimum absolute atomic E-state index is 0.241. The minimum Gasteiger partial charge on any atom is -0.313 e. The number of amides is 1. The summed E-state index contributed by atoms with van der Waals surface area (Å²) in [4.78, 5) is 32.3. The Hall–Kier alpha value is -3.91. The lowest BCUT2D eigenvalue weighted by molar-refractivity contribution is 0.102. The summed E-state index contributed by atoms with van der Waals surface area (Å²) < 4.78 is 3.32. The van der Waals surface area contributed by atoms with Gasteiger partial charge in [-0.1, -0.05) is 41.9 Å². The average Bonchev–Trinajstić information content (AvgIpc) is 3.37. The van der Waals surface area contributed by atoms with Crippen molar-refractivity contribution in [3.63, 3.8) is 0 Å². The van der Waals surface area contributed by atoms with Crippen LogP contribution in [0.25, 0.3) is 16.6 Å². The first-order chi connectivity index (χ1) is 14.6. The van der Waals surface area contributed by atoms with Gasteiger partial charge in [-0.15, -0.1) is 0 Å². The van der Waals surface area contributed by atoms with Crippen LogP contribution in [0.1, 0.15) is 15.9 Å². The molecule has 0 aliphatic carbocycles.